The highest BCUT2D eigenvalue weighted by molar-refractivity contribution is 5.84. The summed E-state index contributed by atoms with van der Waals surface area (Å²) in [5.41, 5.74) is 5.48. The van der Waals surface area contributed by atoms with Crippen molar-refractivity contribution in [3.05, 3.63) is 66.2 Å². The van der Waals surface area contributed by atoms with E-state index in [1.54, 1.807) is 0 Å². The van der Waals surface area contributed by atoms with Crippen LogP contribution in [0.15, 0.2) is 54.9 Å². The summed E-state index contributed by atoms with van der Waals surface area (Å²) >= 11 is 0. The molecule has 0 saturated heterocycles. The molecule has 0 amide bonds. The normalized spacial score (nSPS) is 13.4. The minimum absolute atomic E-state index is 0.603. The van der Waals surface area contributed by atoms with E-state index in [-0.39, 0.29) is 0 Å². The molecule has 4 aromatic rings. The molecule has 0 fully saturated rings. The molecule has 29 heavy (non-hydrogen) atoms. The Morgan fingerprint density at radius 1 is 1.00 bits per heavy atom. The van der Waals surface area contributed by atoms with E-state index in [9.17, 15) is 0 Å². The molecule has 1 aliphatic heterocycles. The number of benzene rings is 2. The predicted molar refractivity (Wildman–Crippen MR) is 116 cm³/mol. The highest BCUT2D eigenvalue weighted by Gasteiger charge is 2.15. The maximum atomic E-state index is 4.75. The number of rotatable bonds is 5. The number of aromatic nitrogens is 4. The Balaban J connectivity index is 1.44. The van der Waals surface area contributed by atoms with E-state index >= 15 is 0 Å². The predicted octanol–water partition coefficient (Wildman–Crippen LogP) is 4.29. The van der Waals surface area contributed by atoms with Gasteiger partial charge in [-0.25, -0.2) is 15.0 Å². The number of hydrogen-bond acceptors (Lipinski definition) is 5. The van der Waals surface area contributed by atoms with Gasteiger partial charge in [0, 0.05) is 42.3 Å². The van der Waals surface area contributed by atoms with Crippen LogP contribution in [0.1, 0.15) is 24.2 Å². The van der Waals surface area contributed by atoms with Gasteiger partial charge in [-0.2, -0.15) is 0 Å². The molecule has 1 aliphatic rings. The Morgan fingerprint density at radius 3 is 2.76 bits per heavy atom. The van der Waals surface area contributed by atoms with Gasteiger partial charge in [0.15, 0.2) is 0 Å². The molecule has 2 aromatic heterocycles. The van der Waals surface area contributed by atoms with Gasteiger partial charge in [-0.3, -0.25) is 0 Å². The zero-order valence-corrected chi connectivity index (χ0v) is 16.5. The zero-order chi connectivity index (χ0) is 19.6. The number of nitrogens with zero attached hydrogens (tertiary/aromatic N) is 4. The third kappa shape index (κ3) is 3.59. The molecule has 2 aromatic carbocycles. The average Bonchev–Trinajstić information content (AvgIpc) is 3.19. The number of nitrogens with one attached hydrogen (secondary N) is 2. The molecule has 0 bridgehead atoms. The quantitative estimate of drug-likeness (QED) is 0.537. The van der Waals surface area contributed by atoms with E-state index in [0.717, 1.165) is 41.7 Å². The molecular formula is C23H24N6. The van der Waals surface area contributed by atoms with Crippen molar-refractivity contribution in [3.8, 4) is 11.3 Å². The minimum Gasteiger partial charge on any atom is -0.328 e. The molecular weight excluding hydrogens is 360 g/mol. The SMILES string of the molecule is CNCc1ccc(Nc2ncc3ccc(-c4cnc5n4CCCC5)cc3n2)cc1. The smallest absolute Gasteiger partial charge is 0.227 e. The molecule has 3 heterocycles. The van der Waals surface area contributed by atoms with Crippen LogP contribution < -0.4 is 10.6 Å². The summed E-state index contributed by atoms with van der Waals surface area (Å²) in [5.74, 6) is 1.80. The van der Waals surface area contributed by atoms with Crippen LogP contribution in [0.4, 0.5) is 11.6 Å². The van der Waals surface area contributed by atoms with Crippen LogP contribution >= 0.6 is 0 Å². The highest BCUT2D eigenvalue weighted by Crippen LogP contribution is 2.28. The lowest BCUT2D eigenvalue weighted by Crippen LogP contribution is -2.11. The first-order chi connectivity index (χ1) is 14.3. The van der Waals surface area contributed by atoms with E-state index in [1.807, 2.05) is 19.4 Å². The van der Waals surface area contributed by atoms with E-state index in [4.69, 9.17) is 4.98 Å². The summed E-state index contributed by atoms with van der Waals surface area (Å²) < 4.78 is 2.34. The van der Waals surface area contributed by atoms with Gasteiger partial charge in [0.05, 0.1) is 17.4 Å². The highest BCUT2D eigenvalue weighted by atomic mass is 15.1. The molecule has 2 N–H and O–H groups in total. The van der Waals surface area contributed by atoms with Crippen molar-refractivity contribution in [3.63, 3.8) is 0 Å². The monoisotopic (exact) mass is 384 g/mol. The molecule has 0 saturated carbocycles. The van der Waals surface area contributed by atoms with Crippen LogP contribution in [0, 0.1) is 0 Å². The van der Waals surface area contributed by atoms with E-state index < -0.39 is 0 Å². The summed E-state index contributed by atoms with van der Waals surface area (Å²) in [6.45, 7) is 1.90. The Hall–Kier alpha value is -3.25. The molecule has 6 nitrogen and oxygen atoms in total. The largest absolute Gasteiger partial charge is 0.328 e. The van der Waals surface area contributed by atoms with Gasteiger partial charge >= 0.3 is 0 Å². The van der Waals surface area contributed by atoms with Gasteiger partial charge in [0.2, 0.25) is 5.95 Å². The Morgan fingerprint density at radius 2 is 1.90 bits per heavy atom. The summed E-state index contributed by atoms with van der Waals surface area (Å²) in [4.78, 5) is 13.8. The second kappa shape index (κ2) is 7.64. The Labute approximate surface area is 170 Å². The number of hydrogen-bond donors (Lipinski definition) is 2. The van der Waals surface area contributed by atoms with Crippen molar-refractivity contribution in [1.82, 2.24) is 24.8 Å². The van der Waals surface area contributed by atoms with Crippen molar-refractivity contribution in [2.75, 3.05) is 12.4 Å². The molecule has 146 valence electrons. The molecule has 6 heteroatoms. The zero-order valence-electron chi connectivity index (χ0n) is 16.5. The molecule has 5 rings (SSSR count). The average molecular weight is 384 g/mol. The topological polar surface area (TPSA) is 67.7 Å². The van der Waals surface area contributed by atoms with Gasteiger partial charge < -0.3 is 15.2 Å². The molecule has 0 spiro atoms. The van der Waals surface area contributed by atoms with Gasteiger partial charge in [-0.05, 0) is 43.7 Å². The lowest BCUT2D eigenvalue weighted by molar-refractivity contribution is 0.526. The first-order valence-corrected chi connectivity index (χ1v) is 10.1. The summed E-state index contributed by atoms with van der Waals surface area (Å²) in [6.07, 6.45) is 7.38. The standard InChI is InChI=1S/C23H24N6/c1-24-13-16-5-9-19(10-6-16)27-23-26-14-18-8-7-17(12-20(18)28-23)21-15-25-22-4-2-3-11-29(21)22/h5-10,12,14-15,24H,2-4,11,13H2,1H3,(H,26,27,28). The van der Waals surface area contributed by atoms with Crippen molar-refractivity contribution in [1.29, 1.82) is 0 Å². The van der Waals surface area contributed by atoms with Gasteiger partial charge in [-0.15, -0.1) is 0 Å². The first kappa shape index (κ1) is 17.8. The summed E-state index contributed by atoms with van der Waals surface area (Å²) in [6, 6.07) is 14.7. The lowest BCUT2D eigenvalue weighted by atomic mass is 10.1. The van der Waals surface area contributed by atoms with Crippen molar-refractivity contribution in [2.45, 2.75) is 32.4 Å². The second-order valence-electron chi connectivity index (χ2n) is 7.49. The van der Waals surface area contributed by atoms with Crippen LogP contribution in [0.25, 0.3) is 22.2 Å². The maximum absolute atomic E-state index is 4.75. The van der Waals surface area contributed by atoms with Crippen LogP contribution in [0.3, 0.4) is 0 Å². The fraction of sp³-hybridized carbons (Fsp3) is 0.261. The molecule has 0 radical (unpaired) electrons. The van der Waals surface area contributed by atoms with E-state index in [1.165, 1.54) is 29.9 Å². The first-order valence-electron chi connectivity index (χ1n) is 10.1. The molecule has 0 aliphatic carbocycles. The molecule has 0 unspecified atom stereocenters. The van der Waals surface area contributed by atoms with Gasteiger partial charge in [-0.1, -0.05) is 24.3 Å². The third-order valence-electron chi connectivity index (χ3n) is 5.44. The van der Waals surface area contributed by atoms with Crippen LogP contribution in [0.2, 0.25) is 0 Å². The Bertz CT molecular complexity index is 1150. The minimum atomic E-state index is 0.603. The van der Waals surface area contributed by atoms with Gasteiger partial charge in [0.25, 0.3) is 0 Å². The van der Waals surface area contributed by atoms with E-state index in [0.29, 0.717) is 5.95 Å². The lowest BCUT2D eigenvalue weighted by Gasteiger charge is -2.16. The second-order valence-corrected chi connectivity index (χ2v) is 7.49. The third-order valence-corrected chi connectivity index (χ3v) is 5.44. The maximum Gasteiger partial charge on any atom is 0.227 e. The van der Waals surface area contributed by atoms with Crippen molar-refractivity contribution in [2.24, 2.45) is 0 Å². The Kier molecular flexibility index (Phi) is 4.69. The van der Waals surface area contributed by atoms with Crippen molar-refractivity contribution >= 4 is 22.5 Å². The number of anilines is 2. The summed E-state index contributed by atoms with van der Waals surface area (Å²) in [7, 11) is 1.95. The fourth-order valence-electron chi connectivity index (χ4n) is 3.93. The van der Waals surface area contributed by atoms with Crippen LogP contribution in [0.5, 0.6) is 0 Å². The van der Waals surface area contributed by atoms with Crippen LogP contribution in [-0.4, -0.2) is 26.6 Å². The van der Waals surface area contributed by atoms with Crippen molar-refractivity contribution < 1.29 is 0 Å². The number of aryl methyl sites for hydroxylation is 1. The number of fused-ring (bicyclic) bond motifs is 2. The summed E-state index contributed by atoms with van der Waals surface area (Å²) in [5, 5.41) is 7.50. The molecule has 0 atom stereocenters. The van der Waals surface area contributed by atoms with Crippen LogP contribution in [-0.2, 0) is 19.5 Å². The fourth-order valence-corrected chi connectivity index (χ4v) is 3.93. The van der Waals surface area contributed by atoms with E-state index in [2.05, 4.69) is 67.6 Å². The van der Waals surface area contributed by atoms with Gasteiger partial charge in [0.1, 0.15) is 5.82 Å². The number of imidazole rings is 1.